The predicted octanol–water partition coefficient (Wildman–Crippen LogP) is 4.82. The first kappa shape index (κ1) is 19.5. The quantitative estimate of drug-likeness (QED) is 0.457. The van der Waals surface area contributed by atoms with Gasteiger partial charge in [0.2, 0.25) is 0 Å². The van der Waals surface area contributed by atoms with Gasteiger partial charge in [-0.2, -0.15) is 0 Å². The molecule has 0 amide bonds. The zero-order valence-electron chi connectivity index (χ0n) is 15.5. The first-order chi connectivity index (χ1) is 13.6. The second-order valence-corrected chi connectivity index (χ2v) is 6.72. The highest BCUT2D eigenvalue weighted by atomic mass is 16.3. The Morgan fingerprint density at radius 1 is 0.786 bits per heavy atom. The molecule has 3 rings (SSSR count). The lowest BCUT2D eigenvalue weighted by atomic mass is 9.86. The second-order valence-electron chi connectivity index (χ2n) is 6.72. The number of rotatable bonds is 8. The molecule has 0 aliphatic rings. The largest absolute Gasteiger partial charge is 0.381 e. The summed E-state index contributed by atoms with van der Waals surface area (Å²) >= 11 is 0. The Labute approximate surface area is 165 Å². The summed E-state index contributed by atoms with van der Waals surface area (Å²) in [4.78, 5) is 24.9. The number of hydrogen-bond acceptors (Lipinski definition) is 3. The van der Waals surface area contributed by atoms with Gasteiger partial charge in [-0.1, -0.05) is 97.1 Å². The van der Waals surface area contributed by atoms with Crippen molar-refractivity contribution in [2.24, 2.45) is 0 Å². The summed E-state index contributed by atoms with van der Waals surface area (Å²) in [5, 5.41) is 11.3. The molecule has 1 N–H and O–H groups in total. The van der Waals surface area contributed by atoms with Crippen LogP contribution in [-0.2, 0) is 10.4 Å². The summed E-state index contributed by atoms with van der Waals surface area (Å²) in [5.41, 5.74) is 0.553. The van der Waals surface area contributed by atoms with Crippen molar-refractivity contribution in [3.05, 3.63) is 114 Å². The Hall–Kier alpha value is -3.30. The normalized spacial score (nSPS) is 13.2. The average molecular weight is 370 g/mol. The van der Waals surface area contributed by atoms with Gasteiger partial charge < -0.3 is 5.11 Å². The van der Waals surface area contributed by atoms with Gasteiger partial charge in [0.1, 0.15) is 11.4 Å². The minimum Gasteiger partial charge on any atom is -0.381 e. The zero-order chi connectivity index (χ0) is 19.8. The maximum Gasteiger partial charge on any atom is 0.170 e. The number of aliphatic hydroxyl groups is 1. The number of ketones is 2. The Morgan fingerprint density at radius 3 is 1.93 bits per heavy atom. The van der Waals surface area contributed by atoms with Gasteiger partial charge in [0.15, 0.2) is 5.78 Å². The monoisotopic (exact) mass is 370 g/mol. The van der Waals surface area contributed by atoms with E-state index >= 15 is 0 Å². The molecule has 1 unspecified atom stereocenters. The standard InChI is InChI=1S/C25H22O3/c26-23(18-24(27)21-12-6-2-7-13-21)19-25(28,22-14-8-3-9-15-22)17-16-20-10-4-1-5-11-20/h1-17,28H,18-19H2/b17-16+. The third-order valence-electron chi connectivity index (χ3n) is 4.54. The Morgan fingerprint density at radius 2 is 1.32 bits per heavy atom. The van der Waals surface area contributed by atoms with Gasteiger partial charge in [-0.3, -0.25) is 9.59 Å². The van der Waals surface area contributed by atoms with Crippen LogP contribution in [0.3, 0.4) is 0 Å². The van der Waals surface area contributed by atoms with Gasteiger partial charge in [-0.15, -0.1) is 0 Å². The highest BCUT2D eigenvalue weighted by Crippen LogP contribution is 2.29. The maximum absolute atomic E-state index is 12.6. The van der Waals surface area contributed by atoms with E-state index in [1.54, 1.807) is 48.6 Å². The van der Waals surface area contributed by atoms with Gasteiger partial charge in [-0.05, 0) is 17.2 Å². The lowest BCUT2D eigenvalue weighted by Crippen LogP contribution is -2.27. The molecule has 0 spiro atoms. The predicted molar refractivity (Wildman–Crippen MR) is 111 cm³/mol. The maximum atomic E-state index is 12.6. The molecular formula is C25H22O3. The van der Waals surface area contributed by atoms with Gasteiger partial charge in [0.05, 0.1) is 6.42 Å². The molecule has 0 radical (unpaired) electrons. The first-order valence-corrected chi connectivity index (χ1v) is 9.19. The fraction of sp³-hybridized carbons (Fsp3) is 0.120. The Balaban J connectivity index is 1.80. The summed E-state index contributed by atoms with van der Waals surface area (Å²) in [7, 11) is 0. The minimum absolute atomic E-state index is 0.168. The number of hydrogen-bond donors (Lipinski definition) is 1. The molecule has 0 saturated heterocycles. The molecule has 28 heavy (non-hydrogen) atoms. The number of benzene rings is 3. The molecule has 0 heterocycles. The molecule has 3 aromatic rings. The van der Waals surface area contributed by atoms with E-state index in [4.69, 9.17) is 0 Å². The molecule has 0 fully saturated rings. The highest BCUT2D eigenvalue weighted by molar-refractivity contribution is 6.08. The number of Topliss-reactive ketones (excluding diaryl/α,β-unsaturated/α-hetero) is 2. The average Bonchev–Trinajstić information content (AvgIpc) is 2.74. The van der Waals surface area contributed by atoms with Crippen molar-refractivity contribution in [2.75, 3.05) is 0 Å². The molecule has 1 atom stereocenters. The topological polar surface area (TPSA) is 54.4 Å². The molecule has 0 bridgehead atoms. The summed E-state index contributed by atoms with van der Waals surface area (Å²) in [6.45, 7) is 0. The van der Waals surface area contributed by atoms with Crippen LogP contribution in [0.5, 0.6) is 0 Å². The number of carbonyl (C=O) groups is 2. The summed E-state index contributed by atoms with van der Waals surface area (Å²) in [6.07, 6.45) is 3.01. The van der Waals surface area contributed by atoms with E-state index in [0.29, 0.717) is 11.1 Å². The van der Waals surface area contributed by atoms with Crippen molar-refractivity contribution < 1.29 is 14.7 Å². The van der Waals surface area contributed by atoms with E-state index in [9.17, 15) is 14.7 Å². The lowest BCUT2D eigenvalue weighted by molar-refractivity contribution is -0.121. The Bertz CT molecular complexity index is 947. The second kappa shape index (κ2) is 9.07. The van der Waals surface area contributed by atoms with Crippen LogP contribution in [0.25, 0.3) is 6.08 Å². The van der Waals surface area contributed by atoms with Crippen molar-refractivity contribution in [2.45, 2.75) is 18.4 Å². The molecule has 3 aromatic carbocycles. The highest BCUT2D eigenvalue weighted by Gasteiger charge is 2.30. The minimum atomic E-state index is -1.48. The first-order valence-electron chi connectivity index (χ1n) is 9.19. The van der Waals surface area contributed by atoms with E-state index < -0.39 is 5.60 Å². The molecule has 0 aliphatic heterocycles. The van der Waals surface area contributed by atoms with Crippen molar-refractivity contribution in [1.29, 1.82) is 0 Å². The van der Waals surface area contributed by atoms with Crippen LogP contribution in [-0.4, -0.2) is 16.7 Å². The molecule has 3 nitrogen and oxygen atoms in total. The molecule has 3 heteroatoms. The van der Waals surface area contributed by atoms with Crippen LogP contribution in [0.1, 0.15) is 34.3 Å². The molecule has 0 aromatic heterocycles. The molecule has 140 valence electrons. The van der Waals surface area contributed by atoms with Crippen LogP contribution in [0.2, 0.25) is 0 Å². The van der Waals surface area contributed by atoms with Crippen LogP contribution in [0, 0.1) is 0 Å². The third-order valence-corrected chi connectivity index (χ3v) is 4.54. The fourth-order valence-electron chi connectivity index (χ4n) is 3.05. The van der Waals surface area contributed by atoms with Crippen LogP contribution < -0.4 is 0 Å². The van der Waals surface area contributed by atoms with Crippen molar-refractivity contribution in [3.8, 4) is 0 Å². The molecule has 0 aliphatic carbocycles. The molecule has 0 saturated carbocycles. The Kier molecular flexibility index (Phi) is 6.30. The van der Waals surface area contributed by atoms with Gasteiger partial charge in [0, 0.05) is 12.0 Å². The summed E-state index contributed by atoms with van der Waals surface area (Å²) in [6, 6.07) is 27.3. The van der Waals surface area contributed by atoms with Gasteiger partial charge in [-0.25, -0.2) is 0 Å². The van der Waals surface area contributed by atoms with Gasteiger partial charge in [0.25, 0.3) is 0 Å². The third kappa shape index (κ3) is 5.12. The van der Waals surface area contributed by atoms with E-state index in [0.717, 1.165) is 5.56 Å². The van der Waals surface area contributed by atoms with Crippen molar-refractivity contribution >= 4 is 17.6 Å². The van der Waals surface area contributed by atoms with Crippen molar-refractivity contribution in [3.63, 3.8) is 0 Å². The van der Waals surface area contributed by atoms with Crippen LogP contribution >= 0.6 is 0 Å². The SMILES string of the molecule is O=C(CC(=O)c1ccccc1)CC(O)(/C=C/c1ccccc1)c1ccccc1. The smallest absolute Gasteiger partial charge is 0.170 e. The van der Waals surface area contributed by atoms with Crippen LogP contribution in [0.15, 0.2) is 97.1 Å². The summed E-state index contributed by atoms with van der Waals surface area (Å²) in [5.74, 6) is -0.550. The van der Waals surface area contributed by atoms with E-state index in [-0.39, 0.29) is 24.4 Å². The summed E-state index contributed by atoms with van der Waals surface area (Å²) < 4.78 is 0. The van der Waals surface area contributed by atoms with E-state index in [1.165, 1.54) is 0 Å². The number of carbonyl (C=O) groups excluding carboxylic acids is 2. The van der Waals surface area contributed by atoms with Crippen LogP contribution in [0.4, 0.5) is 0 Å². The van der Waals surface area contributed by atoms with E-state index in [1.807, 2.05) is 54.6 Å². The van der Waals surface area contributed by atoms with E-state index in [2.05, 4.69) is 0 Å². The lowest BCUT2D eigenvalue weighted by Gasteiger charge is -2.24. The molecular weight excluding hydrogens is 348 g/mol. The van der Waals surface area contributed by atoms with Crippen molar-refractivity contribution in [1.82, 2.24) is 0 Å². The zero-order valence-corrected chi connectivity index (χ0v) is 15.5. The fourth-order valence-corrected chi connectivity index (χ4v) is 3.05. The van der Waals surface area contributed by atoms with Gasteiger partial charge >= 0.3 is 0 Å².